The van der Waals surface area contributed by atoms with Gasteiger partial charge in [0.1, 0.15) is 22.8 Å². The number of benzene rings is 1. The molecule has 4 N–H and O–H groups in total. The molecule has 1 fully saturated rings. The number of fused-ring (bicyclic) bond motifs is 1. The van der Waals surface area contributed by atoms with Crippen molar-refractivity contribution < 1.29 is 14.3 Å². The van der Waals surface area contributed by atoms with Crippen molar-refractivity contribution >= 4 is 39.0 Å². The molecule has 3 heterocycles. The largest absolute Gasteiger partial charge is 0.390 e. The number of thiophene rings is 1. The van der Waals surface area contributed by atoms with Gasteiger partial charge in [-0.05, 0) is 43.3 Å². The molecule has 3 aromatic rings. The number of β-amino-alcohol motifs (C(OH)–C–C–N with tert-alkyl or cyclic N) is 1. The number of hydrogen-bond donors (Lipinski definition) is 4. The van der Waals surface area contributed by atoms with Gasteiger partial charge in [-0.3, -0.25) is 4.79 Å². The molecule has 2 aromatic heterocycles. The number of hydrogen-bond acceptors (Lipinski definition) is 7. The molecule has 2 atom stereocenters. The van der Waals surface area contributed by atoms with Crippen molar-refractivity contribution in [3.63, 3.8) is 0 Å². The van der Waals surface area contributed by atoms with Crippen LogP contribution < -0.4 is 16.0 Å². The monoisotopic (exact) mass is 387 g/mol. The maximum Gasteiger partial charge on any atom is 0.261 e. The first-order chi connectivity index (χ1) is 13.1. The lowest BCUT2D eigenvalue weighted by molar-refractivity contribution is 0.0768. The number of piperidine rings is 1. The molecule has 7 nitrogen and oxygen atoms in total. The summed E-state index contributed by atoms with van der Waals surface area (Å²) in [6, 6.07) is 7.40. The summed E-state index contributed by atoms with van der Waals surface area (Å²) in [6.07, 6.45) is 1.49. The van der Waals surface area contributed by atoms with E-state index in [4.69, 9.17) is 0 Å². The van der Waals surface area contributed by atoms with Crippen LogP contribution in [-0.4, -0.2) is 46.2 Å². The average molecular weight is 387 g/mol. The lowest BCUT2D eigenvalue weighted by Crippen LogP contribution is -2.52. The van der Waals surface area contributed by atoms with Gasteiger partial charge in [0.15, 0.2) is 0 Å². The first-order valence-corrected chi connectivity index (χ1v) is 9.38. The van der Waals surface area contributed by atoms with Crippen LogP contribution in [0.1, 0.15) is 16.1 Å². The lowest BCUT2D eigenvalue weighted by atomic mass is 10.0. The average Bonchev–Trinajstić information content (AvgIpc) is 3.11. The summed E-state index contributed by atoms with van der Waals surface area (Å²) in [7, 11) is 0. The van der Waals surface area contributed by atoms with E-state index >= 15 is 0 Å². The van der Waals surface area contributed by atoms with E-state index in [1.54, 1.807) is 18.2 Å². The van der Waals surface area contributed by atoms with Crippen molar-refractivity contribution in [3.8, 4) is 0 Å². The van der Waals surface area contributed by atoms with E-state index in [1.165, 1.54) is 29.8 Å². The van der Waals surface area contributed by atoms with E-state index in [1.807, 2.05) is 0 Å². The number of aromatic nitrogens is 2. The van der Waals surface area contributed by atoms with Crippen LogP contribution in [0, 0.1) is 5.82 Å². The molecule has 0 unspecified atom stereocenters. The first-order valence-electron chi connectivity index (χ1n) is 8.57. The van der Waals surface area contributed by atoms with Gasteiger partial charge in [0.2, 0.25) is 0 Å². The molecular formula is C18H18FN5O2S. The van der Waals surface area contributed by atoms with Crippen molar-refractivity contribution in [2.24, 2.45) is 0 Å². The van der Waals surface area contributed by atoms with E-state index in [-0.39, 0.29) is 17.8 Å². The van der Waals surface area contributed by atoms with E-state index in [2.05, 4.69) is 25.9 Å². The van der Waals surface area contributed by atoms with Gasteiger partial charge in [0.25, 0.3) is 5.91 Å². The second-order valence-electron chi connectivity index (χ2n) is 6.32. The molecule has 0 radical (unpaired) electrons. The predicted octanol–water partition coefficient (Wildman–Crippen LogP) is 2.03. The smallest absolute Gasteiger partial charge is 0.261 e. The van der Waals surface area contributed by atoms with Crippen molar-refractivity contribution in [2.75, 3.05) is 18.4 Å². The minimum absolute atomic E-state index is 0.239. The fourth-order valence-electron chi connectivity index (χ4n) is 2.99. The van der Waals surface area contributed by atoms with Gasteiger partial charge in [-0.25, -0.2) is 14.4 Å². The van der Waals surface area contributed by atoms with E-state index in [0.717, 1.165) is 6.54 Å². The topological polar surface area (TPSA) is 99.2 Å². The van der Waals surface area contributed by atoms with Gasteiger partial charge in [0.05, 0.1) is 22.4 Å². The highest BCUT2D eigenvalue weighted by Crippen LogP contribution is 2.30. The summed E-state index contributed by atoms with van der Waals surface area (Å²) in [4.78, 5) is 22.2. The highest BCUT2D eigenvalue weighted by Gasteiger charge is 2.25. The van der Waals surface area contributed by atoms with Gasteiger partial charge in [0, 0.05) is 12.2 Å². The second kappa shape index (κ2) is 7.55. The Balaban J connectivity index is 1.56. The molecule has 1 saturated heterocycles. The van der Waals surface area contributed by atoms with Crippen LogP contribution in [0.25, 0.3) is 10.2 Å². The Morgan fingerprint density at radius 1 is 1.30 bits per heavy atom. The Labute approximate surface area is 158 Å². The normalized spacial score (nSPS) is 19.8. The number of carbonyl (C=O) groups is 1. The molecule has 1 aliphatic heterocycles. The molecule has 0 spiro atoms. The first kappa shape index (κ1) is 17.8. The third kappa shape index (κ3) is 3.90. The van der Waals surface area contributed by atoms with Crippen molar-refractivity contribution in [3.05, 3.63) is 47.4 Å². The lowest BCUT2D eigenvalue weighted by Gasteiger charge is -2.28. The number of anilines is 2. The van der Waals surface area contributed by atoms with E-state index in [9.17, 15) is 14.3 Å². The number of nitrogens with zero attached hydrogens (tertiary/aromatic N) is 2. The standard InChI is InChI=1S/C18H18FN5O2S/c19-10-1-3-11(4-2-10)23-16-12-7-15(27-18(12)22-9-21-16)17(26)24-13-5-6-20-8-14(13)25/h1-4,7,9,13-14,20,25H,5-6,8H2,(H,24,26)(H,21,22,23)/t13-,14-/m1/s1. The predicted molar refractivity (Wildman–Crippen MR) is 102 cm³/mol. The highest BCUT2D eigenvalue weighted by molar-refractivity contribution is 7.20. The Morgan fingerprint density at radius 2 is 2.11 bits per heavy atom. The summed E-state index contributed by atoms with van der Waals surface area (Å²) in [5, 5.41) is 19.8. The minimum atomic E-state index is -0.604. The zero-order valence-electron chi connectivity index (χ0n) is 14.3. The van der Waals surface area contributed by atoms with Crippen LogP contribution in [-0.2, 0) is 0 Å². The summed E-state index contributed by atoms with van der Waals surface area (Å²) < 4.78 is 13.1. The number of rotatable bonds is 4. The molecule has 27 heavy (non-hydrogen) atoms. The minimum Gasteiger partial charge on any atom is -0.390 e. The molecule has 0 aliphatic carbocycles. The van der Waals surface area contributed by atoms with Gasteiger partial charge >= 0.3 is 0 Å². The maximum absolute atomic E-state index is 13.1. The van der Waals surface area contributed by atoms with Crippen LogP contribution >= 0.6 is 11.3 Å². The molecule has 1 aliphatic rings. The van der Waals surface area contributed by atoms with Gasteiger partial charge in [-0.1, -0.05) is 0 Å². The third-order valence-corrected chi connectivity index (χ3v) is 5.47. The third-order valence-electron chi connectivity index (χ3n) is 4.43. The maximum atomic E-state index is 13.1. The van der Waals surface area contributed by atoms with Crippen LogP contribution in [0.15, 0.2) is 36.7 Å². The molecular weight excluding hydrogens is 369 g/mol. The molecule has 140 valence electrons. The number of carbonyl (C=O) groups excluding carboxylic acids is 1. The summed E-state index contributed by atoms with van der Waals surface area (Å²) in [6.45, 7) is 1.22. The molecule has 0 bridgehead atoms. The SMILES string of the molecule is O=C(N[C@@H]1CCNC[C@H]1O)c1cc2c(Nc3ccc(F)cc3)ncnc2s1. The Hall–Kier alpha value is -2.62. The molecule has 1 aromatic carbocycles. The Kier molecular flexibility index (Phi) is 4.97. The number of amides is 1. The van der Waals surface area contributed by atoms with Gasteiger partial charge in [-0.15, -0.1) is 11.3 Å². The van der Waals surface area contributed by atoms with Gasteiger partial charge in [-0.2, -0.15) is 0 Å². The Bertz CT molecular complexity index is 962. The fraction of sp³-hybridized carbons (Fsp3) is 0.278. The zero-order valence-corrected chi connectivity index (χ0v) is 15.1. The van der Waals surface area contributed by atoms with Crippen LogP contribution in [0.4, 0.5) is 15.9 Å². The number of aliphatic hydroxyl groups excluding tert-OH is 1. The van der Waals surface area contributed by atoms with Crippen LogP contribution in [0.2, 0.25) is 0 Å². The summed E-state index contributed by atoms with van der Waals surface area (Å²) in [5.41, 5.74) is 0.687. The van der Waals surface area contributed by atoms with Crippen molar-refractivity contribution in [1.82, 2.24) is 20.6 Å². The highest BCUT2D eigenvalue weighted by atomic mass is 32.1. The van der Waals surface area contributed by atoms with Crippen LogP contribution in [0.3, 0.4) is 0 Å². The zero-order chi connectivity index (χ0) is 18.8. The van der Waals surface area contributed by atoms with Crippen molar-refractivity contribution in [1.29, 1.82) is 0 Å². The molecule has 1 amide bonds. The van der Waals surface area contributed by atoms with Gasteiger partial charge < -0.3 is 21.1 Å². The van der Waals surface area contributed by atoms with E-state index in [0.29, 0.717) is 39.6 Å². The number of halogens is 1. The second-order valence-corrected chi connectivity index (χ2v) is 7.35. The van der Waals surface area contributed by atoms with Crippen molar-refractivity contribution in [2.45, 2.75) is 18.6 Å². The van der Waals surface area contributed by atoms with Crippen LogP contribution in [0.5, 0.6) is 0 Å². The fourth-order valence-corrected chi connectivity index (χ4v) is 3.89. The summed E-state index contributed by atoms with van der Waals surface area (Å²) >= 11 is 1.26. The van der Waals surface area contributed by atoms with E-state index < -0.39 is 6.10 Å². The summed E-state index contributed by atoms with van der Waals surface area (Å²) in [5.74, 6) is -0.0107. The number of nitrogens with one attached hydrogen (secondary N) is 3. The Morgan fingerprint density at radius 3 is 2.89 bits per heavy atom. The number of aliphatic hydroxyl groups is 1. The molecule has 9 heteroatoms. The quantitative estimate of drug-likeness (QED) is 0.547. The molecule has 0 saturated carbocycles. The molecule has 4 rings (SSSR count).